The van der Waals surface area contributed by atoms with E-state index in [0.717, 1.165) is 0 Å². The number of carbonyl (C=O) groups is 1. The molecule has 2 rings (SSSR count). The summed E-state index contributed by atoms with van der Waals surface area (Å²) in [7, 11) is 0. The summed E-state index contributed by atoms with van der Waals surface area (Å²) in [6.07, 6.45) is 0. The second-order valence-electron chi connectivity index (χ2n) is 3.05. The van der Waals surface area contributed by atoms with Gasteiger partial charge in [-0.15, -0.1) is 0 Å². The predicted molar refractivity (Wildman–Crippen MR) is 53.6 cm³/mol. The van der Waals surface area contributed by atoms with Crippen LogP contribution in [0.15, 0.2) is 18.2 Å². The summed E-state index contributed by atoms with van der Waals surface area (Å²) < 4.78 is 5.32. The molecule has 4 nitrogen and oxygen atoms in total. The molecule has 1 aliphatic rings. The number of amides is 1. The maximum Gasteiger partial charge on any atom is 0.244 e. The second-order valence-corrected chi connectivity index (χ2v) is 3.48. The average molecular weight is 213 g/mol. The maximum atomic E-state index is 11.3. The van der Waals surface area contributed by atoms with Crippen LogP contribution in [0.4, 0.5) is 5.69 Å². The van der Waals surface area contributed by atoms with Gasteiger partial charge < -0.3 is 15.8 Å². The van der Waals surface area contributed by atoms with Crippen LogP contribution >= 0.6 is 11.6 Å². The van der Waals surface area contributed by atoms with Gasteiger partial charge in [-0.05, 0) is 18.2 Å². The van der Waals surface area contributed by atoms with Crippen LogP contribution in [-0.4, -0.2) is 18.6 Å². The van der Waals surface area contributed by atoms with Gasteiger partial charge in [0.15, 0.2) is 0 Å². The van der Waals surface area contributed by atoms with Crippen molar-refractivity contribution in [1.82, 2.24) is 0 Å². The Balaban J connectivity index is 2.38. The zero-order valence-electron chi connectivity index (χ0n) is 7.29. The largest absolute Gasteiger partial charge is 0.489 e. The molecule has 0 aliphatic carbocycles. The second kappa shape index (κ2) is 3.48. The molecule has 1 heterocycles. The number of hydrogen-bond acceptors (Lipinski definition) is 3. The number of anilines is 1. The first-order valence-corrected chi connectivity index (χ1v) is 4.53. The van der Waals surface area contributed by atoms with Crippen LogP contribution in [0.3, 0.4) is 0 Å². The third-order valence-corrected chi connectivity index (χ3v) is 2.19. The standard InChI is InChI=1S/C9H9ClN2O2/c10-5-1-2-8-7(3-5)12-9(13)6(11)4-14-8/h1-3,6H,4,11H2,(H,12,13). The van der Waals surface area contributed by atoms with Crippen LogP contribution in [0.25, 0.3) is 0 Å². The van der Waals surface area contributed by atoms with Crippen molar-refractivity contribution in [3.05, 3.63) is 23.2 Å². The van der Waals surface area contributed by atoms with Crippen molar-refractivity contribution < 1.29 is 9.53 Å². The summed E-state index contributed by atoms with van der Waals surface area (Å²) in [5.41, 5.74) is 6.09. The number of fused-ring (bicyclic) bond motifs is 1. The highest BCUT2D eigenvalue weighted by atomic mass is 35.5. The summed E-state index contributed by atoms with van der Waals surface area (Å²) in [6.45, 7) is 0.181. The van der Waals surface area contributed by atoms with Crippen LogP contribution in [0.2, 0.25) is 5.02 Å². The monoisotopic (exact) mass is 212 g/mol. The molecule has 0 saturated heterocycles. The smallest absolute Gasteiger partial charge is 0.244 e. The lowest BCUT2D eigenvalue weighted by Crippen LogP contribution is -2.38. The van der Waals surface area contributed by atoms with Crippen molar-refractivity contribution in [2.45, 2.75) is 6.04 Å². The van der Waals surface area contributed by atoms with Crippen molar-refractivity contribution >= 4 is 23.2 Å². The fourth-order valence-electron chi connectivity index (χ4n) is 1.21. The van der Waals surface area contributed by atoms with Gasteiger partial charge in [0.25, 0.3) is 0 Å². The summed E-state index contributed by atoms with van der Waals surface area (Å²) in [5.74, 6) is 0.335. The Bertz CT molecular complexity index is 381. The summed E-state index contributed by atoms with van der Waals surface area (Å²) in [5, 5.41) is 3.18. The molecular weight excluding hydrogens is 204 g/mol. The van der Waals surface area contributed by atoms with Gasteiger partial charge in [-0.3, -0.25) is 4.79 Å². The van der Waals surface area contributed by atoms with Crippen LogP contribution in [0.5, 0.6) is 5.75 Å². The maximum absolute atomic E-state index is 11.3. The third-order valence-electron chi connectivity index (χ3n) is 1.95. The summed E-state index contributed by atoms with van der Waals surface area (Å²) >= 11 is 5.78. The number of ether oxygens (including phenoxy) is 1. The average Bonchev–Trinajstić information content (AvgIpc) is 2.27. The van der Waals surface area contributed by atoms with Gasteiger partial charge in [-0.25, -0.2) is 0 Å². The first-order valence-electron chi connectivity index (χ1n) is 4.15. The van der Waals surface area contributed by atoms with Gasteiger partial charge in [-0.2, -0.15) is 0 Å². The molecule has 1 amide bonds. The fraction of sp³-hybridized carbons (Fsp3) is 0.222. The molecule has 0 radical (unpaired) electrons. The van der Waals surface area contributed by atoms with Crippen LogP contribution in [-0.2, 0) is 4.79 Å². The van der Waals surface area contributed by atoms with Gasteiger partial charge in [0, 0.05) is 5.02 Å². The number of halogens is 1. The lowest BCUT2D eigenvalue weighted by molar-refractivity contribution is -0.117. The van der Waals surface area contributed by atoms with E-state index in [1.54, 1.807) is 18.2 Å². The van der Waals surface area contributed by atoms with Gasteiger partial charge in [0.05, 0.1) is 5.69 Å². The van der Waals surface area contributed by atoms with Gasteiger partial charge in [-0.1, -0.05) is 11.6 Å². The van der Waals surface area contributed by atoms with Crippen molar-refractivity contribution in [1.29, 1.82) is 0 Å². The number of carbonyl (C=O) groups excluding carboxylic acids is 1. The Morgan fingerprint density at radius 2 is 2.36 bits per heavy atom. The molecule has 1 aromatic carbocycles. The van der Waals surface area contributed by atoms with E-state index < -0.39 is 6.04 Å². The Morgan fingerprint density at radius 3 is 3.14 bits per heavy atom. The molecule has 1 aliphatic heterocycles. The molecule has 74 valence electrons. The minimum absolute atomic E-state index is 0.181. The van der Waals surface area contributed by atoms with Gasteiger partial charge in [0.1, 0.15) is 18.4 Å². The number of nitrogens with one attached hydrogen (secondary N) is 1. The summed E-state index contributed by atoms with van der Waals surface area (Å²) in [6, 6.07) is 4.40. The zero-order chi connectivity index (χ0) is 10.1. The molecule has 0 bridgehead atoms. The Kier molecular flexibility index (Phi) is 2.31. The van der Waals surface area contributed by atoms with E-state index in [9.17, 15) is 4.79 Å². The number of nitrogens with two attached hydrogens (primary N) is 1. The lowest BCUT2D eigenvalue weighted by atomic mass is 10.3. The van der Waals surface area contributed by atoms with Crippen LogP contribution < -0.4 is 15.8 Å². The molecule has 0 aromatic heterocycles. The molecule has 0 spiro atoms. The van der Waals surface area contributed by atoms with Crippen LogP contribution in [0.1, 0.15) is 0 Å². The van der Waals surface area contributed by atoms with Gasteiger partial charge >= 0.3 is 0 Å². The van der Waals surface area contributed by atoms with Gasteiger partial charge in [0.2, 0.25) is 5.91 Å². The van der Waals surface area contributed by atoms with E-state index in [0.29, 0.717) is 16.5 Å². The van der Waals surface area contributed by atoms with Crippen molar-refractivity contribution in [3.8, 4) is 5.75 Å². The molecule has 0 fully saturated rings. The highest BCUT2D eigenvalue weighted by Gasteiger charge is 2.20. The Labute approximate surface area is 86.0 Å². The minimum Gasteiger partial charge on any atom is -0.489 e. The molecule has 1 atom stereocenters. The summed E-state index contributed by atoms with van der Waals surface area (Å²) in [4.78, 5) is 11.3. The topological polar surface area (TPSA) is 64.3 Å². The van der Waals surface area contributed by atoms with Crippen molar-refractivity contribution in [2.24, 2.45) is 5.73 Å². The molecule has 0 saturated carbocycles. The Hall–Kier alpha value is -1.26. The molecule has 1 unspecified atom stereocenters. The quantitative estimate of drug-likeness (QED) is 0.674. The molecule has 1 aromatic rings. The van der Waals surface area contributed by atoms with E-state index in [1.165, 1.54) is 0 Å². The first kappa shape index (κ1) is 9.30. The lowest BCUT2D eigenvalue weighted by Gasteiger charge is -2.05. The van der Waals surface area contributed by atoms with Crippen molar-refractivity contribution in [3.63, 3.8) is 0 Å². The van der Waals surface area contributed by atoms with E-state index >= 15 is 0 Å². The van der Waals surface area contributed by atoms with Crippen molar-refractivity contribution in [2.75, 3.05) is 11.9 Å². The fourth-order valence-corrected chi connectivity index (χ4v) is 1.38. The van der Waals surface area contributed by atoms with E-state index in [2.05, 4.69) is 5.32 Å². The molecule has 14 heavy (non-hydrogen) atoms. The predicted octanol–water partition coefficient (Wildman–Crippen LogP) is 0.998. The van der Waals surface area contributed by atoms with Crippen LogP contribution in [0, 0.1) is 0 Å². The number of benzene rings is 1. The number of hydrogen-bond donors (Lipinski definition) is 2. The normalized spacial score (nSPS) is 20.4. The highest BCUT2D eigenvalue weighted by Crippen LogP contribution is 2.29. The number of rotatable bonds is 0. The molecule has 3 N–H and O–H groups in total. The first-order chi connectivity index (χ1) is 6.66. The highest BCUT2D eigenvalue weighted by molar-refractivity contribution is 6.31. The molecule has 5 heteroatoms. The van der Waals surface area contributed by atoms with E-state index in [-0.39, 0.29) is 12.5 Å². The SMILES string of the molecule is NC1COc2ccc(Cl)cc2NC1=O. The molecular formula is C9H9ClN2O2. The van der Waals surface area contributed by atoms with E-state index in [1.807, 2.05) is 0 Å². The minimum atomic E-state index is -0.638. The zero-order valence-corrected chi connectivity index (χ0v) is 8.04. The third kappa shape index (κ3) is 1.66. The Morgan fingerprint density at radius 1 is 1.57 bits per heavy atom. The van der Waals surface area contributed by atoms with E-state index in [4.69, 9.17) is 22.1 Å².